The summed E-state index contributed by atoms with van der Waals surface area (Å²) in [6.45, 7) is 0.556. The number of para-hydroxylation sites is 1. The van der Waals surface area contributed by atoms with Crippen LogP contribution in [0.3, 0.4) is 0 Å². The van der Waals surface area contributed by atoms with Gasteiger partial charge in [0, 0.05) is 12.7 Å². The molecule has 1 amide bonds. The number of hydrogen-bond acceptors (Lipinski definition) is 5. The molecule has 0 bridgehead atoms. The van der Waals surface area contributed by atoms with Crippen LogP contribution in [0, 0.1) is 0 Å². The van der Waals surface area contributed by atoms with Gasteiger partial charge in [0.2, 0.25) is 5.91 Å². The van der Waals surface area contributed by atoms with Crippen molar-refractivity contribution < 1.29 is 4.79 Å². The van der Waals surface area contributed by atoms with Crippen LogP contribution in [0.5, 0.6) is 0 Å². The molecule has 4 rings (SSSR count). The van der Waals surface area contributed by atoms with Crippen molar-refractivity contribution in [3.8, 4) is 0 Å². The number of amides is 1. The lowest BCUT2D eigenvalue weighted by Gasteiger charge is -2.16. The van der Waals surface area contributed by atoms with Crippen LogP contribution in [0.25, 0.3) is 10.9 Å². The van der Waals surface area contributed by atoms with Crippen molar-refractivity contribution in [2.24, 2.45) is 0 Å². The lowest BCUT2D eigenvalue weighted by Crippen LogP contribution is -2.24. The van der Waals surface area contributed by atoms with Crippen LogP contribution in [0.4, 0.5) is 5.69 Å². The highest BCUT2D eigenvalue weighted by Crippen LogP contribution is 2.23. The molecule has 31 heavy (non-hydrogen) atoms. The summed E-state index contributed by atoms with van der Waals surface area (Å²) in [7, 11) is 0. The summed E-state index contributed by atoms with van der Waals surface area (Å²) in [6.07, 6.45) is 9.32. The molecule has 2 aromatic heterocycles. The third kappa shape index (κ3) is 5.35. The van der Waals surface area contributed by atoms with E-state index >= 15 is 0 Å². The number of fused-ring (bicyclic) bond motifs is 1. The second kappa shape index (κ2) is 10.1. The Labute approximate surface area is 189 Å². The van der Waals surface area contributed by atoms with Gasteiger partial charge in [-0.1, -0.05) is 47.1 Å². The minimum Gasteiger partial charge on any atom is -0.323 e. The molecule has 6 nitrogen and oxygen atoms in total. The van der Waals surface area contributed by atoms with Gasteiger partial charge in [-0.25, -0.2) is 9.97 Å². The number of anilines is 1. The van der Waals surface area contributed by atoms with Crippen molar-refractivity contribution in [2.75, 3.05) is 11.1 Å². The summed E-state index contributed by atoms with van der Waals surface area (Å²) in [5.41, 5.74) is 2.42. The van der Waals surface area contributed by atoms with Crippen LogP contribution in [0.15, 0.2) is 64.2 Å². The van der Waals surface area contributed by atoms with E-state index in [9.17, 15) is 9.59 Å². The molecule has 1 N–H and O–H groups in total. The fourth-order valence-electron chi connectivity index (χ4n) is 3.64. The van der Waals surface area contributed by atoms with Gasteiger partial charge in [0.15, 0.2) is 10.3 Å². The molecule has 1 aliphatic rings. The average molecular weight is 455 g/mol. The van der Waals surface area contributed by atoms with E-state index in [1.807, 2.05) is 18.2 Å². The first-order valence-electron chi connectivity index (χ1n) is 10.3. The van der Waals surface area contributed by atoms with E-state index in [0.29, 0.717) is 28.3 Å². The Morgan fingerprint density at radius 2 is 2.06 bits per heavy atom. The van der Waals surface area contributed by atoms with E-state index in [2.05, 4.69) is 21.4 Å². The zero-order valence-electron chi connectivity index (χ0n) is 17.0. The zero-order chi connectivity index (χ0) is 21.6. The predicted molar refractivity (Wildman–Crippen MR) is 126 cm³/mol. The van der Waals surface area contributed by atoms with Gasteiger partial charge in [-0.2, -0.15) is 0 Å². The molecule has 0 spiro atoms. The highest BCUT2D eigenvalue weighted by atomic mass is 35.5. The average Bonchev–Trinajstić information content (AvgIpc) is 2.79. The molecule has 8 heteroatoms. The van der Waals surface area contributed by atoms with Crippen molar-refractivity contribution in [1.82, 2.24) is 14.5 Å². The predicted octanol–water partition coefficient (Wildman–Crippen LogP) is 5.07. The zero-order valence-corrected chi connectivity index (χ0v) is 18.6. The largest absolute Gasteiger partial charge is 0.323 e. The summed E-state index contributed by atoms with van der Waals surface area (Å²) in [5.74, 6) is -0.123. The molecule has 0 aliphatic heterocycles. The van der Waals surface area contributed by atoms with E-state index in [-0.39, 0.29) is 22.4 Å². The molecule has 0 atom stereocenters. The first kappa shape index (κ1) is 21.6. The van der Waals surface area contributed by atoms with Gasteiger partial charge in [-0.15, -0.1) is 0 Å². The van der Waals surface area contributed by atoms with Crippen molar-refractivity contribution in [3.05, 3.63) is 69.8 Å². The van der Waals surface area contributed by atoms with Crippen LogP contribution in [-0.4, -0.2) is 26.2 Å². The highest BCUT2D eigenvalue weighted by molar-refractivity contribution is 7.99. The third-order valence-electron chi connectivity index (χ3n) is 5.23. The van der Waals surface area contributed by atoms with Crippen molar-refractivity contribution in [1.29, 1.82) is 0 Å². The summed E-state index contributed by atoms with van der Waals surface area (Å²) < 4.78 is 1.70. The summed E-state index contributed by atoms with van der Waals surface area (Å²) in [6, 6.07) is 10.7. The molecule has 2 heterocycles. The molecule has 0 fully saturated rings. The van der Waals surface area contributed by atoms with Crippen LogP contribution in [0.2, 0.25) is 5.15 Å². The molecular formula is C23H23ClN4O2S. The lowest BCUT2D eigenvalue weighted by atomic mass is 9.97. The second-order valence-corrected chi connectivity index (χ2v) is 8.71. The monoisotopic (exact) mass is 454 g/mol. The number of halogens is 1. The number of carbonyl (C=O) groups excluding carboxylic acids is 1. The number of aromatic nitrogens is 3. The fourth-order valence-corrected chi connectivity index (χ4v) is 4.63. The number of benzene rings is 1. The summed E-state index contributed by atoms with van der Waals surface area (Å²) in [4.78, 5) is 34.3. The van der Waals surface area contributed by atoms with E-state index in [4.69, 9.17) is 11.6 Å². The van der Waals surface area contributed by atoms with Gasteiger partial charge in [-0.05, 0) is 56.4 Å². The highest BCUT2D eigenvalue weighted by Gasteiger charge is 2.15. The Hall–Kier alpha value is -2.64. The Balaban J connectivity index is 1.54. The topological polar surface area (TPSA) is 76.9 Å². The van der Waals surface area contributed by atoms with Gasteiger partial charge in [0.25, 0.3) is 5.56 Å². The number of pyridine rings is 1. The minimum atomic E-state index is -0.233. The number of rotatable bonds is 7. The molecule has 0 unspecified atom stereocenters. The molecule has 160 valence electrons. The number of nitrogens with one attached hydrogen (secondary N) is 1. The maximum atomic E-state index is 13.2. The molecular weight excluding hydrogens is 432 g/mol. The molecule has 1 aromatic carbocycles. The molecule has 0 saturated carbocycles. The Morgan fingerprint density at radius 1 is 1.19 bits per heavy atom. The molecule has 0 saturated heterocycles. The van der Waals surface area contributed by atoms with Crippen LogP contribution < -0.4 is 10.9 Å². The van der Waals surface area contributed by atoms with Crippen molar-refractivity contribution >= 4 is 45.9 Å². The third-order valence-corrected chi connectivity index (χ3v) is 6.51. The number of hydrogen-bond donors (Lipinski definition) is 1. The van der Waals surface area contributed by atoms with E-state index in [1.165, 1.54) is 30.2 Å². The van der Waals surface area contributed by atoms with Crippen LogP contribution in [0.1, 0.15) is 32.1 Å². The SMILES string of the molecule is O=C(CSc1nc2ccccc2c(=O)n1CCC1=CCCCC1)Nc1cccnc1Cl. The maximum absolute atomic E-state index is 13.2. The first-order chi connectivity index (χ1) is 15.1. The van der Waals surface area contributed by atoms with E-state index in [0.717, 1.165) is 19.3 Å². The van der Waals surface area contributed by atoms with Crippen molar-refractivity contribution in [2.45, 2.75) is 43.8 Å². The second-order valence-electron chi connectivity index (χ2n) is 7.41. The maximum Gasteiger partial charge on any atom is 0.262 e. The molecule has 3 aromatic rings. The normalized spacial score (nSPS) is 13.8. The first-order valence-corrected chi connectivity index (χ1v) is 11.7. The van der Waals surface area contributed by atoms with Crippen LogP contribution >= 0.6 is 23.4 Å². The smallest absolute Gasteiger partial charge is 0.262 e. The van der Waals surface area contributed by atoms with Gasteiger partial charge in [-0.3, -0.25) is 14.2 Å². The summed E-state index contributed by atoms with van der Waals surface area (Å²) in [5, 5.41) is 4.14. The number of thioether (sulfide) groups is 1. The van der Waals surface area contributed by atoms with Gasteiger partial charge in [0.1, 0.15) is 0 Å². The Morgan fingerprint density at radius 3 is 2.87 bits per heavy atom. The number of carbonyl (C=O) groups is 1. The standard InChI is InChI=1S/C23H23ClN4O2S/c24-21-19(11-6-13-25-21)26-20(29)15-31-23-27-18-10-5-4-9-17(18)22(30)28(23)14-12-16-7-2-1-3-8-16/h4-7,9-11,13H,1-3,8,12,14-15H2,(H,26,29). The minimum absolute atomic E-state index is 0.0692. The van der Waals surface area contributed by atoms with E-state index < -0.39 is 0 Å². The summed E-state index contributed by atoms with van der Waals surface area (Å²) >= 11 is 7.27. The Bertz CT molecular complexity index is 1190. The Kier molecular flexibility index (Phi) is 7.04. The van der Waals surface area contributed by atoms with Crippen LogP contribution in [-0.2, 0) is 11.3 Å². The quantitative estimate of drug-likeness (QED) is 0.233. The van der Waals surface area contributed by atoms with Crippen molar-refractivity contribution in [3.63, 3.8) is 0 Å². The number of allylic oxidation sites excluding steroid dienone is 2. The van der Waals surface area contributed by atoms with Gasteiger partial charge >= 0.3 is 0 Å². The van der Waals surface area contributed by atoms with Gasteiger partial charge in [0.05, 0.1) is 22.3 Å². The lowest BCUT2D eigenvalue weighted by molar-refractivity contribution is -0.113. The molecule has 0 radical (unpaired) electrons. The number of nitrogens with zero attached hydrogens (tertiary/aromatic N) is 3. The molecule has 1 aliphatic carbocycles. The fraction of sp³-hybridized carbons (Fsp3) is 0.304. The van der Waals surface area contributed by atoms with Gasteiger partial charge < -0.3 is 5.32 Å². The van der Waals surface area contributed by atoms with E-state index in [1.54, 1.807) is 29.0 Å².